The Kier molecular flexibility index (Phi) is 6.05. The van der Waals surface area contributed by atoms with Crippen LogP contribution < -0.4 is 0 Å². The molecule has 3 nitrogen and oxygen atoms in total. The fraction of sp³-hybridized carbons (Fsp3) is 0.900. The summed E-state index contributed by atoms with van der Waals surface area (Å²) in [6, 6.07) is 0.666. The Balaban J connectivity index is 1.70. The summed E-state index contributed by atoms with van der Waals surface area (Å²) in [5, 5.41) is 2.21. The van der Waals surface area contributed by atoms with E-state index >= 15 is 0 Å². The van der Waals surface area contributed by atoms with E-state index in [0.29, 0.717) is 12.0 Å². The third-order valence-electron chi connectivity index (χ3n) is 6.89. The summed E-state index contributed by atoms with van der Waals surface area (Å²) in [6.07, 6.45) is 17.4. The van der Waals surface area contributed by atoms with E-state index in [0.717, 1.165) is 17.7 Å². The van der Waals surface area contributed by atoms with E-state index in [1.54, 1.807) is 0 Å². The Morgan fingerprint density at radius 3 is 2.50 bits per heavy atom. The minimum atomic E-state index is 0.666. The molecule has 24 heavy (non-hydrogen) atoms. The molecule has 1 radical (unpaired) electrons. The van der Waals surface area contributed by atoms with Gasteiger partial charge in [0.25, 0.3) is 6.34 Å². The van der Waals surface area contributed by atoms with Crippen LogP contribution in [0.15, 0.2) is 0 Å². The largest absolute Gasteiger partial charge is 0.295 e. The van der Waals surface area contributed by atoms with Crippen LogP contribution in [0.4, 0.5) is 0 Å². The summed E-state index contributed by atoms with van der Waals surface area (Å²) in [6.45, 7) is 2.52. The zero-order valence-electron chi connectivity index (χ0n) is 16.3. The van der Waals surface area contributed by atoms with Gasteiger partial charge in [0.2, 0.25) is 0 Å². The van der Waals surface area contributed by atoms with Crippen LogP contribution in [0.1, 0.15) is 58.3 Å². The first-order chi connectivity index (χ1) is 11.6. The minimum Gasteiger partial charge on any atom is -0.263 e. The van der Waals surface area contributed by atoms with Crippen molar-refractivity contribution in [1.82, 2.24) is 5.01 Å². The number of hydrazine groups is 1. The van der Waals surface area contributed by atoms with Crippen LogP contribution in [0.5, 0.6) is 0 Å². The standard InChI is InChI=1S/C20H37BN3/c1-16(19-13-21-19)17-9-6-5-7-10-18-14-23(3)24(4)15-22(2)20(18)12-8-11-17/h14-20H,5-13H2,1-4H3/q+2/t16-,17?,18?,19?,20?/m0/s1. The molecule has 2 aliphatic heterocycles. The molecule has 0 N–H and O–H groups in total. The highest BCUT2D eigenvalue weighted by Gasteiger charge is 2.35. The van der Waals surface area contributed by atoms with E-state index < -0.39 is 0 Å². The molecule has 1 aliphatic carbocycles. The van der Waals surface area contributed by atoms with Gasteiger partial charge in [-0.1, -0.05) is 55.8 Å². The number of rotatable bonds is 2. The molecule has 3 rings (SSSR count). The molecule has 3 aliphatic rings. The maximum atomic E-state index is 2.53. The van der Waals surface area contributed by atoms with Gasteiger partial charge in [-0.05, 0) is 36.1 Å². The van der Waals surface area contributed by atoms with Crippen molar-refractivity contribution in [2.75, 3.05) is 21.1 Å². The van der Waals surface area contributed by atoms with E-state index in [-0.39, 0.29) is 0 Å². The van der Waals surface area contributed by atoms with Crippen molar-refractivity contribution in [3.63, 3.8) is 0 Å². The van der Waals surface area contributed by atoms with Gasteiger partial charge in [0.1, 0.15) is 20.4 Å². The lowest BCUT2D eigenvalue weighted by atomic mass is 9.78. The van der Waals surface area contributed by atoms with Crippen LogP contribution in [0.25, 0.3) is 0 Å². The van der Waals surface area contributed by atoms with Gasteiger partial charge in [0, 0.05) is 0 Å². The highest BCUT2D eigenvalue weighted by molar-refractivity contribution is 6.50. The molecular formula is C20H37BN3+2. The first-order valence-corrected chi connectivity index (χ1v) is 10.3. The molecular weight excluding hydrogens is 293 g/mol. The van der Waals surface area contributed by atoms with Crippen molar-refractivity contribution in [2.24, 2.45) is 17.8 Å². The van der Waals surface area contributed by atoms with Crippen LogP contribution in [0.3, 0.4) is 0 Å². The minimum absolute atomic E-state index is 0.666. The van der Waals surface area contributed by atoms with Gasteiger partial charge >= 0.3 is 0 Å². The monoisotopic (exact) mass is 330 g/mol. The molecule has 5 atom stereocenters. The summed E-state index contributed by atoms with van der Waals surface area (Å²) < 4.78 is 4.75. The van der Waals surface area contributed by atoms with Crippen molar-refractivity contribution in [1.29, 1.82) is 0 Å². The Morgan fingerprint density at radius 1 is 1.04 bits per heavy atom. The average molecular weight is 330 g/mol. The summed E-state index contributed by atoms with van der Waals surface area (Å²) in [4.78, 5) is 0. The Hall–Kier alpha value is -0.795. The van der Waals surface area contributed by atoms with E-state index in [1.165, 1.54) is 57.7 Å². The topological polar surface area (TPSA) is 9.26 Å². The van der Waals surface area contributed by atoms with E-state index in [1.807, 2.05) is 0 Å². The fourth-order valence-electron chi connectivity index (χ4n) is 4.98. The van der Waals surface area contributed by atoms with Crippen molar-refractivity contribution in [2.45, 2.75) is 76.5 Å². The van der Waals surface area contributed by atoms with Crippen molar-refractivity contribution in [3.8, 4) is 0 Å². The second-order valence-electron chi connectivity index (χ2n) is 8.63. The lowest BCUT2D eigenvalue weighted by molar-refractivity contribution is -0.641. The number of fused-ring (bicyclic) bond motifs is 1. The zero-order chi connectivity index (χ0) is 17.1. The van der Waals surface area contributed by atoms with Crippen molar-refractivity contribution >= 4 is 19.8 Å². The Bertz CT molecular complexity index is 483. The molecule has 1 saturated heterocycles. The normalized spacial score (nSPS) is 36.2. The molecule has 0 aromatic carbocycles. The van der Waals surface area contributed by atoms with Crippen molar-refractivity contribution in [3.05, 3.63) is 0 Å². The molecule has 2 fully saturated rings. The third-order valence-corrected chi connectivity index (χ3v) is 6.89. The van der Waals surface area contributed by atoms with Gasteiger partial charge in [-0.25, -0.2) is 0 Å². The summed E-state index contributed by atoms with van der Waals surface area (Å²) in [5.41, 5.74) is 0. The lowest BCUT2D eigenvalue weighted by Crippen LogP contribution is -2.33. The predicted octanol–water partition coefficient (Wildman–Crippen LogP) is 3.53. The quantitative estimate of drug-likeness (QED) is 0.556. The molecule has 133 valence electrons. The molecule has 0 aromatic rings. The van der Waals surface area contributed by atoms with E-state index in [2.05, 4.69) is 62.2 Å². The summed E-state index contributed by atoms with van der Waals surface area (Å²) in [7, 11) is 9.14. The first kappa shape index (κ1) is 18.0. The predicted molar refractivity (Wildman–Crippen MR) is 103 cm³/mol. The van der Waals surface area contributed by atoms with Crippen LogP contribution >= 0.6 is 0 Å². The van der Waals surface area contributed by atoms with Crippen molar-refractivity contribution < 1.29 is 9.26 Å². The fourth-order valence-corrected chi connectivity index (χ4v) is 4.98. The molecule has 0 amide bonds. The molecule has 2 heterocycles. The number of hydrazone groups is 1. The number of hydrogen-bond acceptors (Lipinski definition) is 1. The van der Waals surface area contributed by atoms with Crippen LogP contribution in [0.2, 0.25) is 12.1 Å². The molecule has 0 bridgehead atoms. The zero-order valence-corrected chi connectivity index (χ0v) is 16.3. The van der Waals surface area contributed by atoms with Gasteiger partial charge in [0.15, 0.2) is 13.3 Å². The Labute approximate surface area is 150 Å². The van der Waals surface area contributed by atoms with Gasteiger partial charge in [-0.2, -0.15) is 0 Å². The van der Waals surface area contributed by atoms with Gasteiger partial charge in [-0.3, -0.25) is 4.58 Å². The summed E-state index contributed by atoms with van der Waals surface area (Å²) >= 11 is 0. The molecule has 4 unspecified atom stereocenters. The van der Waals surface area contributed by atoms with Gasteiger partial charge < -0.3 is 0 Å². The van der Waals surface area contributed by atoms with Crippen LogP contribution in [-0.2, 0) is 0 Å². The maximum absolute atomic E-state index is 2.53. The van der Waals surface area contributed by atoms with E-state index in [9.17, 15) is 0 Å². The van der Waals surface area contributed by atoms with E-state index in [4.69, 9.17) is 0 Å². The lowest BCUT2D eigenvalue weighted by Gasteiger charge is -2.25. The highest BCUT2D eigenvalue weighted by atomic mass is 15.5. The average Bonchev–Trinajstić information content (AvgIpc) is 3.38. The van der Waals surface area contributed by atoms with Crippen LogP contribution in [-0.4, -0.2) is 61.3 Å². The molecule has 4 heteroatoms. The molecule has 0 spiro atoms. The second-order valence-corrected chi connectivity index (χ2v) is 8.63. The number of nitrogens with zero attached hydrogens (tertiary/aromatic N) is 3. The molecule has 0 aromatic heterocycles. The highest BCUT2D eigenvalue weighted by Crippen LogP contribution is 2.43. The van der Waals surface area contributed by atoms with Crippen LogP contribution in [0, 0.1) is 17.8 Å². The summed E-state index contributed by atoms with van der Waals surface area (Å²) in [5.74, 6) is 3.51. The second kappa shape index (κ2) is 8.06. The van der Waals surface area contributed by atoms with Gasteiger partial charge in [0.05, 0.1) is 13.0 Å². The smallest absolute Gasteiger partial charge is 0.263 e. The Morgan fingerprint density at radius 2 is 1.75 bits per heavy atom. The van der Waals surface area contributed by atoms with Gasteiger partial charge in [-0.15, -0.1) is 0 Å². The number of hydrogen-bond donors (Lipinski definition) is 0. The molecule has 1 saturated carbocycles. The SMILES string of the molecule is C[C@H](C1[B]C1)C1CCCCCC2C=[N+](C)N(C)C=[N+](C)C2CCC1. The third kappa shape index (κ3) is 4.43. The maximum Gasteiger partial charge on any atom is 0.295 e. The first-order valence-electron chi connectivity index (χ1n) is 10.3.